The van der Waals surface area contributed by atoms with Gasteiger partial charge in [-0.25, -0.2) is 4.79 Å². The van der Waals surface area contributed by atoms with Crippen LogP contribution in [0.5, 0.6) is 11.5 Å². The first kappa shape index (κ1) is 32.4. The van der Waals surface area contributed by atoms with Gasteiger partial charge in [0.15, 0.2) is 11.5 Å². The summed E-state index contributed by atoms with van der Waals surface area (Å²) in [4.78, 5) is 41.2. The standard InChI is InChI=1S/C30H33IN2O10/c1-40-10-8-33(29(38)20-13-18-5-3-4-6-23(18)43-30(20)39)22-14-19(28(37)32-7-9-34)15-24(26(22)36)42-27-21(31)11-17(16-35)12-25(27)41-2/h3-6,11-13,15,22,24,26,34-36H,7-10,14,16H2,1-2H3,(H,32,37)/t22-,24+,26+/m1/s1. The molecule has 230 valence electrons. The van der Waals surface area contributed by atoms with Crippen LogP contribution in [-0.4, -0.2) is 90.8 Å². The van der Waals surface area contributed by atoms with Crippen molar-refractivity contribution in [2.24, 2.45) is 0 Å². The van der Waals surface area contributed by atoms with Crippen molar-refractivity contribution >= 4 is 45.4 Å². The topological polar surface area (TPSA) is 168 Å². The SMILES string of the molecule is COCCN(C(=O)c1cc2ccccc2oc1=O)[C@@H]1CC(C(=O)NCCO)=C[C@H](Oc2c(I)cc(CO)cc2OC)[C@H]1O. The van der Waals surface area contributed by atoms with E-state index in [1.54, 1.807) is 36.4 Å². The first-order valence-corrected chi connectivity index (χ1v) is 14.5. The van der Waals surface area contributed by atoms with Crippen LogP contribution >= 0.6 is 22.6 Å². The number of hydrogen-bond acceptors (Lipinski definition) is 10. The highest BCUT2D eigenvalue weighted by molar-refractivity contribution is 14.1. The zero-order chi connectivity index (χ0) is 31.1. The summed E-state index contributed by atoms with van der Waals surface area (Å²) in [5.74, 6) is -0.663. The highest BCUT2D eigenvalue weighted by Crippen LogP contribution is 2.37. The van der Waals surface area contributed by atoms with Crippen LogP contribution in [0.2, 0.25) is 0 Å². The van der Waals surface area contributed by atoms with E-state index in [0.717, 1.165) is 0 Å². The van der Waals surface area contributed by atoms with Gasteiger partial charge >= 0.3 is 5.63 Å². The number of halogens is 1. The van der Waals surface area contributed by atoms with Gasteiger partial charge in [0.05, 0.1) is 36.5 Å². The predicted molar refractivity (Wildman–Crippen MR) is 164 cm³/mol. The molecule has 0 unspecified atom stereocenters. The third kappa shape index (κ3) is 7.36. The van der Waals surface area contributed by atoms with Gasteiger partial charge in [-0.05, 0) is 58.5 Å². The number of hydrogen-bond donors (Lipinski definition) is 4. The lowest BCUT2D eigenvalue weighted by atomic mass is 9.87. The number of aliphatic hydroxyl groups excluding tert-OH is 3. The highest BCUT2D eigenvalue weighted by atomic mass is 127. The summed E-state index contributed by atoms with van der Waals surface area (Å²) in [5.41, 5.74) is 0.0246. The lowest BCUT2D eigenvalue weighted by Crippen LogP contribution is -2.56. The van der Waals surface area contributed by atoms with Crippen molar-refractivity contribution in [2.45, 2.75) is 31.3 Å². The maximum atomic E-state index is 14.0. The number of para-hydroxylation sites is 1. The molecule has 0 radical (unpaired) electrons. The molecule has 13 heteroatoms. The Labute approximate surface area is 261 Å². The Bertz CT molecular complexity index is 1560. The quantitative estimate of drug-likeness (QED) is 0.160. The minimum absolute atomic E-state index is 0.00623. The van der Waals surface area contributed by atoms with Crippen molar-refractivity contribution in [3.63, 3.8) is 0 Å². The third-order valence-corrected chi connectivity index (χ3v) is 7.81. The summed E-state index contributed by atoms with van der Waals surface area (Å²) in [5, 5.41) is 33.6. The van der Waals surface area contributed by atoms with Crippen molar-refractivity contribution in [1.29, 1.82) is 0 Å². The summed E-state index contributed by atoms with van der Waals surface area (Å²) < 4.78 is 22.9. The third-order valence-electron chi connectivity index (χ3n) is 7.01. The van der Waals surface area contributed by atoms with E-state index >= 15 is 0 Å². The van der Waals surface area contributed by atoms with Crippen LogP contribution in [0.1, 0.15) is 22.3 Å². The van der Waals surface area contributed by atoms with Gasteiger partial charge in [0.1, 0.15) is 23.4 Å². The van der Waals surface area contributed by atoms with Gasteiger partial charge in [-0.3, -0.25) is 9.59 Å². The monoisotopic (exact) mass is 708 g/mol. The fourth-order valence-electron chi connectivity index (χ4n) is 4.87. The molecule has 1 heterocycles. The van der Waals surface area contributed by atoms with Crippen LogP contribution in [-0.2, 0) is 16.1 Å². The molecule has 2 aromatic carbocycles. The molecule has 4 N–H and O–H groups in total. The van der Waals surface area contributed by atoms with Gasteiger partial charge in [0, 0.05) is 37.6 Å². The number of aliphatic hydroxyl groups is 3. The van der Waals surface area contributed by atoms with Crippen molar-refractivity contribution in [1.82, 2.24) is 10.2 Å². The van der Waals surface area contributed by atoms with E-state index in [1.807, 2.05) is 22.6 Å². The first-order valence-electron chi connectivity index (χ1n) is 13.5. The number of amides is 2. The summed E-state index contributed by atoms with van der Waals surface area (Å²) in [7, 11) is 2.89. The molecule has 0 saturated heterocycles. The van der Waals surface area contributed by atoms with Gasteiger partial charge in [0.25, 0.3) is 5.91 Å². The average Bonchev–Trinajstić information content (AvgIpc) is 3.01. The molecule has 1 aliphatic rings. The Kier molecular flexibility index (Phi) is 11.2. The van der Waals surface area contributed by atoms with Crippen LogP contribution in [0.4, 0.5) is 0 Å². The molecule has 4 rings (SSSR count). The molecule has 3 atom stereocenters. The fourth-order valence-corrected chi connectivity index (χ4v) is 5.66. The number of benzene rings is 2. The van der Waals surface area contributed by atoms with E-state index < -0.39 is 35.7 Å². The second-order valence-corrected chi connectivity index (χ2v) is 10.9. The first-order chi connectivity index (χ1) is 20.7. The number of ether oxygens (including phenoxy) is 3. The molecular formula is C30H33IN2O10. The van der Waals surface area contributed by atoms with Crippen molar-refractivity contribution < 1.29 is 43.5 Å². The average molecular weight is 709 g/mol. The van der Waals surface area contributed by atoms with Gasteiger partial charge in [-0.15, -0.1) is 0 Å². The number of carbonyl (C=O) groups is 2. The molecule has 0 fully saturated rings. The van der Waals surface area contributed by atoms with Crippen LogP contribution in [0.25, 0.3) is 11.0 Å². The van der Waals surface area contributed by atoms with Crippen molar-refractivity contribution in [2.75, 3.05) is 40.5 Å². The molecule has 1 aromatic heterocycles. The molecule has 2 amide bonds. The Hall–Kier alpha value is -3.50. The lowest BCUT2D eigenvalue weighted by Gasteiger charge is -2.40. The smallest absolute Gasteiger partial charge is 0.349 e. The van der Waals surface area contributed by atoms with Gasteiger partial charge < -0.3 is 44.2 Å². The summed E-state index contributed by atoms with van der Waals surface area (Å²) in [6.45, 7) is -0.464. The van der Waals surface area contributed by atoms with E-state index in [0.29, 0.717) is 25.9 Å². The molecule has 3 aromatic rings. The van der Waals surface area contributed by atoms with Crippen LogP contribution in [0.3, 0.4) is 0 Å². The number of methoxy groups -OCH3 is 2. The maximum absolute atomic E-state index is 14.0. The largest absolute Gasteiger partial charge is 0.493 e. The van der Waals surface area contributed by atoms with E-state index in [4.69, 9.17) is 18.6 Å². The zero-order valence-corrected chi connectivity index (χ0v) is 25.8. The number of fused-ring (bicyclic) bond motifs is 1. The summed E-state index contributed by atoms with van der Waals surface area (Å²) in [6, 6.07) is 10.5. The molecule has 1 aliphatic carbocycles. The van der Waals surface area contributed by atoms with Crippen molar-refractivity contribution in [3.05, 3.63) is 79.2 Å². The molecule has 43 heavy (non-hydrogen) atoms. The number of carbonyl (C=O) groups excluding carboxylic acids is 2. The Balaban J connectivity index is 1.76. The zero-order valence-electron chi connectivity index (χ0n) is 23.6. The van der Waals surface area contributed by atoms with Gasteiger partial charge in [-0.2, -0.15) is 0 Å². The molecule has 0 aliphatic heterocycles. The second kappa shape index (κ2) is 14.8. The fraction of sp³-hybridized carbons (Fsp3) is 0.367. The molecule has 0 saturated carbocycles. The van der Waals surface area contributed by atoms with E-state index in [9.17, 15) is 29.7 Å². The van der Waals surface area contributed by atoms with Crippen LogP contribution in [0.15, 0.2) is 63.3 Å². The van der Waals surface area contributed by atoms with E-state index in [2.05, 4.69) is 5.32 Å². The molecule has 0 bridgehead atoms. The van der Waals surface area contributed by atoms with Crippen molar-refractivity contribution in [3.8, 4) is 11.5 Å². The normalized spacial score (nSPS) is 18.2. The van der Waals surface area contributed by atoms with Crippen LogP contribution < -0.4 is 20.4 Å². The lowest BCUT2D eigenvalue weighted by molar-refractivity contribution is -0.118. The number of nitrogens with one attached hydrogen (secondary N) is 1. The minimum Gasteiger partial charge on any atom is -0.493 e. The van der Waals surface area contributed by atoms with E-state index in [1.165, 1.54) is 31.3 Å². The molecule has 0 spiro atoms. The van der Waals surface area contributed by atoms with Gasteiger partial charge in [0.2, 0.25) is 5.91 Å². The number of nitrogens with zero attached hydrogens (tertiary/aromatic N) is 1. The van der Waals surface area contributed by atoms with Crippen LogP contribution in [0, 0.1) is 3.57 Å². The Morgan fingerprint density at radius 1 is 1.16 bits per heavy atom. The van der Waals surface area contributed by atoms with Gasteiger partial charge in [-0.1, -0.05) is 18.2 Å². The van der Waals surface area contributed by atoms with E-state index in [-0.39, 0.29) is 56.2 Å². The minimum atomic E-state index is -1.36. The highest BCUT2D eigenvalue weighted by Gasteiger charge is 2.41. The second-order valence-electron chi connectivity index (χ2n) is 9.76. The number of rotatable bonds is 12. The Morgan fingerprint density at radius 3 is 2.63 bits per heavy atom. The molecule has 12 nitrogen and oxygen atoms in total. The Morgan fingerprint density at radius 2 is 1.93 bits per heavy atom. The summed E-state index contributed by atoms with van der Waals surface area (Å²) in [6.07, 6.45) is -1.11. The predicted octanol–water partition coefficient (Wildman–Crippen LogP) is 1.60. The summed E-state index contributed by atoms with van der Waals surface area (Å²) >= 11 is 2.01. The molecular weight excluding hydrogens is 675 g/mol. The maximum Gasteiger partial charge on any atom is 0.349 e.